The summed E-state index contributed by atoms with van der Waals surface area (Å²) in [6.07, 6.45) is 5.43. The van der Waals surface area contributed by atoms with Crippen molar-refractivity contribution < 1.29 is 4.21 Å². The lowest BCUT2D eigenvalue weighted by molar-refractivity contribution is 0.674. The number of benzene rings is 1. The first-order valence-corrected chi connectivity index (χ1v) is 10.7. The van der Waals surface area contributed by atoms with Crippen molar-refractivity contribution in [2.45, 2.75) is 23.9 Å². The van der Waals surface area contributed by atoms with E-state index in [1.165, 1.54) is 0 Å². The Morgan fingerprint density at radius 2 is 2.00 bits per heavy atom. The Labute approximate surface area is 156 Å². The summed E-state index contributed by atoms with van der Waals surface area (Å²) in [4.78, 5) is 10.6. The van der Waals surface area contributed by atoms with E-state index in [1.54, 1.807) is 28.5 Å². The fourth-order valence-corrected chi connectivity index (χ4v) is 4.56. The zero-order valence-electron chi connectivity index (χ0n) is 14.0. The summed E-state index contributed by atoms with van der Waals surface area (Å²) in [6, 6.07) is 10.2. The van der Waals surface area contributed by atoms with E-state index in [2.05, 4.69) is 27.7 Å². The van der Waals surface area contributed by atoms with Gasteiger partial charge >= 0.3 is 0 Å². The van der Waals surface area contributed by atoms with Gasteiger partial charge in [-0.1, -0.05) is 30.3 Å². The molecule has 0 aliphatic heterocycles. The molecule has 3 heterocycles. The van der Waals surface area contributed by atoms with Gasteiger partial charge in [-0.15, -0.1) is 21.5 Å². The van der Waals surface area contributed by atoms with Crippen molar-refractivity contribution in [2.24, 2.45) is 0 Å². The molecule has 0 amide bonds. The number of thiophene rings is 1. The number of nitrogens with zero attached hydrogens (tertiary/aromatic N) is 5. The second kappa shape index (κ2) is 6.07. The minimum atomic E-state index is -1.26. The fourth-order valence-electron chi connectivity index (χ4n) is 3.03. The van der Waals surface area contributed by atoms with Crippen LogP contribution in [-0.2, 0) is 10.8 Å². The Balaban J connectivity index is 1.83. The van der Waals surface area contributed by atoms with Gasteiger partial charge in [-0.25, -0.2) is 9.97 Å². The molecule has 5 rings (SSSR count). The zero-order chi connectivity index (χ0) is 17.7. The molecule has 0 bridgehead atoms. The number of rotatable bonds is 4. The molecule has 3 aromatic heterocycles. The number of hydrogen-bond donors (Lipinski definition) is 0. The predicted octanol–water partition coefficient (Wildman–Crippen LogP) is 3.55. The molecule has 6 nitrogen and oxygen atoms in total. The topological polar surface area (TPSA) is 73.6 Å². The van der Waals surface area contributed by atoms with Crippen molar-refractivity contribution in [1.29, 1.82) is 0 Å². The Hall–Kier alpha value is -2.45. The summed E-state index contributed by atoms with van der Waals surface area (Å²) in [7, 11) is -1.26. The molecule has 1 saturated carbocycles. The van der Waals surface area contributed by atoms with E-state index < -0.39 is 10.8 Å². The molecule has 0 radical (unpaired) electrons. The smallest absolute Gasteiger partial charge is 0.226 e. The molecule has 0 spiro atoms. The van der Waals surface area contributed by atoms with Crippen molar-refractivity contribution in [3.8, 4) is 16.9 Å². The molecule has 1 atom stereocenters. The summed E-state index contributed by atoms with van der Waals surface area (Å²) in [5.41, 5.74) is 2.18. The molecule has 8 heteroatoms. The van der Waals surface area contributed by atoms with Crippen LogP contribution in [0.4, 0.5) is 0 Å². The summed E-state index contributed by atoms with van der Waals surface area (Å²) in [5.74, 6) is 2.00. The molecule has 1 aromatic carbocycles. The van der Waals surface area contributed by atoms with E-state index in [9.17, 15) is 4.21 Å². The normalized spacial score (nSPS) is 15.4. The largest absolute Gasteiger partial charge is 0.257 e. The average Bonchev–Trinajstić information content (AvgIpc) is 3.23. The number of hydrogen-bond acceptors (Lipinski definition) is 6. The lowest BCUT2D eigenvalue weighted by Gasteiger charge is -2.10. The third-order valence-electron chi connectivity index (χ3n) is 4.46. The highest BCUT2D eigenvalue weighted by Crippen LogP contribution is 2.42. The first-order valence-electron chi connectivity index (χ1n) is 8.31. The fraction of sp³-hybridized carbons (Fsp3) is 0.222. The van der Waals surface area contributed by atoms with Crippen LogP contribution < -0.4 is 0 Å². The molecule has 1 fully saturated rings. The molecule has 1 unspecified atom stereocenters. The van der Waals surface area contributed by atoms with Crippen LogP contribution in [0.2, 0.25) is 0 Å². The van der Waals surface area contributed by atoms with E-state index in [0.717, 1.165) is 40.0 Å². The summed E-state index contributed by atoms with van der Waals surface area (Å²) in [6.45, 7) is 0. The van der Waals surface area contributed by atoms with Crippen molar-refractivity contribution in [3.05, 3.63) is 47.9 Å². The van der Waals surface area contributed by atoms with Gasteiger partial charge in [-0.05, 0) is 18.4 Å². The van der Waals surface area contributed by atoms with Crippen molar-refractivity contribution in [1.82, 2.24) is 24.7 Å². The van der Waals surface area contributed by atoms with Crippen LogP contribution in [0.15, 0.2) is 47.2 Å². The molecule has 1 aliphatic carbocycles. The Morgan fingerprint density at radius 1 is 1.19 bits per heavy atom. The van der Waals surface area contributed by atoms with Crippen molar-refractivity contribution in [2.75, 3.05) is 6.26 Å². The maximum atomic E-state index is 12.1. The van der Waals surface area contributed by atoms with Crippen molar-refractivity contribution in [3.63, 3.8) is 0 Å². The predicted molar refractivity (Wildman–Crippen MR) is 102 cm³/mol. The highest BCUT2D eigenvalue weighted by molar-refractivity contribution is 7.84. The molecule has 1 aliphatic rings. The van der Waals surface area contributed by atoms with Crippen LogP contribution in [0.1, 0.15) is 24.6 Å². The Morgan fingerprint density at radius 3 is 2.73 bits per heavy atom. The quantitative estimate of drug-likeness (QED) is 0.540. The molecular formula is C18H15N5OS2. The van der Waals surface area contributed by atoms with Crippen LogP contribution in [-0.4, -0.2) is 35.2 Å². The van der Waals surface area contributed by atoms with Crippen LogP contribution in [0.3, 0.4) is 0 Å². The van der Waals surface area contributed by atoms with Gasteiger partial charge in [0.1, 0.15) is 17.0 Å². The Kier molecular flexibility index (Phi) is 3.68. The van der Waals surface area contributed by atoms with Gasteiger partial charge in [0, 0.05) is 23.1 Å². The molecule has 130 valence electrons. The van der Waals surface area contributed by atoms with Gasteiger partial charge in [0.2, 0.25) is 5.16 Å². The maximum Gasteiger partial charge on any atom is 0.226 e. The second-order valence-electron chi connectivity index (χ2n) is 6.31. The monoisotopic (exact) mass is 381 g/mol. The van der Waals surface area contributed by atoms with E-state index in [4.69, 9.17) is 9.97 Å². The number of fused-ring (bicyclic) bond motifs is 1. The minimum absolute atomic E-state index is 0.400. The third kappa shape index (κ3) is 2.57. The lowest BCUT2D eigenvalue weighted by Crippen LogP contribution is -2.07. The highest BCUT2D eigenvalue weighted by atomic mass is 32.2. The van der Waals surface area contributed by atoms with E-state index in [0.29, 0.717) is 16.9 Å². The molecule has 0 saturated heterocycles. The van der Waals surface area contributed by atoms with Gasteiger partial charge in [-0.3, -0.25) is 8.78 Å². The van der Waals surface area contributed by atoms with E-state index in [1.807, 2.05) is 18.2 Å². The van der Waals surface area contributed by atoms with Crippen molar-refractivity contribution >= 4 is 32.4 Å². The summed E-state index contributed by atoms with van der Waals surface area (Å²) < 4.78 is 13.8. The molecule has 26 heavy (non-hydrogen) atoms. The van der Waals surface area contributed by atoms with Gasteiger partial charge < -0.3 is 0 Å². The molecule has 4 aromatic rings. The average molecular weight is 381 g/mol. The second-order valence-corrected chi connectivity index (χ2v) is 8.44. The highest BCUT2D eigenvalue weighted by Gasteiger charge is 2.29. The van der Waals surface area contributed by atoms with Crippen LogP contribution in [0.5, 0.6) is 0 Å². The standard InChI is InChI=1S/C18H15N5OS2/c1-26(24)18-22-19-10-23(18)16-14-13(11-5-3-2-4-6-11)9-25-17(14)21-15(20-16)12-7-8-12/h2-6,9-10,12H,7-8H2,1H3. The first-order chi connectivity index (χ1) is 12.7. The number of aromatic nitrogens is 5. The summed E-state index contributed by atoms with van der Waals surface area (Å²) in [5, 5.41) is 11.5. The third-order valence-corrected chi connectivity index (χ3v) is 6.13. The van der Waals surface area contributed by atoms with Crippen LogP contribution >= 0.6 is 11.3 Å². The SMILES string of the molecule is CS(=O)c1nncn1-c1nc(C2CC2)nc2scc(-c3ccccc3)c12. The first kappa shape index (κ1) is 15.8. The van der Waals surface area contributed by atoms with E-state index >= 15 is 0 Å². The molecular weight excluding hydrogens is 366 g/mol. The lowest BCUT2D eigenvalue weighted by atomic mass is 10.1. The van der Waals surface area contributed by atoms with Gasteiger partial charge in [0.25, 0.3) is 0 Å². The Bertz CT molecular complexity index is 1130. The van der Waals surface area contributed by atoms with Gasteiger partial charge in [-0.2, -0.15) is 0 Å². The van der Waals surface area contributed by atoms with Gasteiger partial charge in [0.05, 0.1) is 16.2 Å². The molecule has 0 N–H and O–H groups in total. The van der Waals surface area contributed by atoms with Gasteiger partial charge in [0.15, 0.2) is 5.82 Å². The maximum absolute atomic E-state index is 12.1. The van der Waals surface area contributed by atoms with E-state index in [-0.39, 0.29) is 0 Å². The summed E-state index contributed by atoms with van der Waals surface area (Å²) >= 11 is 1.61. The zero-order valence-corrected chi connectivity index (χ0v) is 15.6. The minimum Gasteiger partial charge on any atom is -0.257 e. The van der Waals surface area contributed by atoms with Crippen LogP contribution in [0, 0.1) is 0 Å². The van der Waals surface area contributed by atoms with Crippen LogP contribution in [0.25, 0.3) is 27.2 Å².